The molecule has 0 aliphatic rings. The number of carbonyl (C=O) groups excluding carboxylic acids is 1. The van der Waals surface area contributed by atoms with E-state index in [1.54, 1.807) is 25.6 Å². The van der Waals surface area contributed by atoms with Gasteiger partial charge in [-0.1, -0.05) is 43.3 Å². The van der Waals surface area contributed by atoms with Crippen LogP contribution in [0.25, 0.3) is 0 Å². The third kappa shape index (κ3) is 5.62. The summed E-state index contributed by atoms with van der Waals surface area (Å²) in [5, 5.41) is 8.43. The van der Waals surface area contributed by atoms with Crippen LogP contribution in [0.2, 0.25) is 0 Å². The van der Waals surface area contributed by atoms with Crippen LogP contribution in [-0.2, 0) is 17.8 Å². The van der Waals surface area contributed by atoms with Crippen molar-refractivity contribution in [2.24, 2.45) is 0 Å². The zero-order valence-electron chi connectivity index (χ0n) is 17.6. The van der Waals surface area contributed by atoms with Crippen molar-refractivity contribution in [3.05, 3.63) is 81.5 Å². The van der Waals surface area contributed by atoms with E-state index in [-0.39, 0.29) is 18.5 Å². The van der Waals surface area contributed by atoms with Gasteiger partial charge in [0.2, 0.25) is 5.91 Å². The number of carbonyl (C=O) groups is 1. The molecule has 158 valence electrons. The van der Waals surface area contributed by atoms with Crippen LogP contribution in [0.1, 0.15) is 34.5 Å². The molecule has 0 aliphatic heterocycles. The molecule has 0 saturated carbocycles. The van der Waals surface area contributed by atoms with E-state index < -0.39 is 0 Å². The Hall–Kier alpha value is -2.83. The predicted octanol–water partition coefficient (Wildman–Crippen LogP) is 4.32. The molecule has 0 spiro atoms. The minimum absolute atomic E-state index is 0.0114. The molecular weight excluding hydrogens is 396 g/mol. The number of thiophene rings is 1. The normalized spacial score (nSPS) is 11.7. The lowest BCUT2D eigenvalue weighted by molar-refractivity contribution is -0.120. The van der Waals surface area contributed by atoms with Crippen molar-refractivity contribution < 1.29 is 14.3 Å². The van der Waals surface area contributed by atoms with Crippen molar-refractivity contribution >= 4 is 17.2 Å². The van der Waals surface area contributed by atoms with Crippen LogP contribution in [0, 0.1) is 0 Å². The molecule has 30 heavy (non-hydrogen) atoms. The van der Waals surface area contributed by atoms with Gasteiger partial charge < -0.3 is 14.8 Å². The van der Waals surface area contributed by atoms with E-state index in [1.807, 2.05) is 24.3 Å². The number of amides is 1. The van der Waals surface area contributed by atoms with E-state index in [1.165, 1.54) is 10.4 Å². The first-order valence-electron chi connectivity index (χ1n) is 9.97. The van der Waals surface area contributed by atoms with Gasteiger partial charge in [0.05, 0.1) is 26.8 Å². The van der Waals surface area contributed by atoms with Crippen LogP contribution in [0.15, 0.2) is 60.0 Å². The van der Waals surface area contributed by atoms with Crippen molar-refractivity contribution in [1.82, 2.24) is 10.6 Å². The van der Waals surface area contributed by atoms with Gasteiger partial charge >= 0.3 is 0 Å². The van der Waals surface area contributed by atoms with Gasteiger partial charge in [-0.3, -0.25) is 10.1 Å². The standard InChI is InChI=1S/C24H28N2O3S/c1-4-17-7-10-19(11-8-17)24(22-6-5-13-30-22)26-16-23(27)25-15-18-9-12-20(28-2)21(14-18)29-3/h5-14,24,26H,4,15-16H2,1-3H3,(H,25,27)/t24-/m0/s1. The number of rotatable bonds is 10. The fraction of sp³-hybridized carbons (Fsp3) is 0.292. The fourth-order valence-electron chi connectivity index (χ4n) is 3.23. The number of aryl methyl sites for hydroxylation is 1. The summed E-state index contributed by atoms with van der Waals surface area (Å²) < 4.78 is 10.6. The van der Waals surface area contributed by atoms with Crippen LogP contribution in [0.3, 0.4) is 0 Å². The average Bonchev–Trinajstić information content (AvgIpc) is 3.32. The highest BCUT2D eigenvalue weighted by Gasteiger charge is 2.16. The highest BCUT2D eigenvalue weighted by molar-refractivity contribution is 7.10. The molecule has 0 fully saturated rings. The van der Waals surface area contributed by atoms with Crippen LogP contribution in [0.5, 0.6) is 11.5 Å². The van der Waals surface area contributed by atoms with E-state index in [2.05, 4.69) is 53.3 Å². The molecule has 0 aliphatic carbocycles. The minimum Gasteiger partial charge on any atom is -0.493 e. The Kier molecular flexibility index (Phi) is 7.88. The van der Waals surface area contributed by atoms with Crippen LogP contribution in [-0.4, -0.2) is 26.7 Å². The van der Waals surface area contributed by atoms with Crippen molar-refractivity contribution in [2.75, 3.05) is 20.8 Å². The van der Waals surface area contributed by atoms with Gasteiger partial charge in [0, 0.05) is 11.4 Å². The van der Waals surface area contributed by atoms with Crippen molar-refractivity contribution in [3.63, 3.8) is 0 Å². The Bertz CT molecular complexity index is 940. The topological polar surface area (TPSA) is 59.6 Å². The molecule has 1 heterocycles. The summed E-state index contributed by atoms with van der Waals surface area (Å²) in [4.78, 5) is 13.7. The second-order valence-electron chi connectivity index (χ2n) is 6.89. The summed E-state index contributed by atoms with van der Waals surface area (Å²) in [6, 6.07) is 18.3. The largest absolute Gasteiger partial charge is 0.493 e. The van der Waals surface area contributed by atoms with Crippen LogP contribution < -0.4 is 20.1 Å². The summed E-state index contributed by atoms with van der Waals surface area (Å²) in [6.45, 7) is 2.80. The first-order valence-corrected chi connectivity index (χ1v) is 10.9. The lowest BCUT2D eigenvalue weighted by Crippen LogP contribution is -2.35. The highest BCUT2D eigenvalue weighted by atomic mass is 32.1. The van der Waals surface area contributed by atoms with E-state index in [4.69, 9.17) is 9.47 Å². The Morgan fingerprint density at radius 1 is 1.00 bits per heavy atom. The summed E-state index contributed by atoms with van der Waals surface area (Å²) in [5.74, 6) is 1.26. The quantitative estimate of drug-likeness (QED) is 0.509. The van der Waals surface area contributed by atoms with Gasteiger partial charge in [-0.15, -0.1) is 11.3 Å². The predicted molar refractivity (Wildman–Crippen MR) is 121 cm³/mol. The lowest BCUT2D eigenvalue weighted by atomic mass is 10.0. The number of methoxy groups -OCH3 is 2. The van der Waals surface area contributed by atoms with Crippen molar-refractivity contribution in [2.45, 2.75) is 25.9 Å². The summed E-state index contributed by atoms with van der Waals surface area (Å²) in [6.07, 6.45) is 1.01. The number of hydrogen-bond acceptors (Lipinski definition) is 5. The zero-order chi connectivity index (χ0) is 21.3. The molecule has 5 nitrogen and oxygen atoms in total. The molecule has 2 aromatic carbocycles. The molecule has 6 heteroatoms. The van der Waals surface area contributed by atoms with Crippen LogP contribution in [0.4, 0.5) is 0 Å². The maximum atomic E-state index is 12.5. The van der Waals surface area contributed by atoms with E-state index in [9.17, 15) is 4.79 Å². The van der Waals surface area contributed by atoms with E-state index in [0.717, 1.165) is 17.5 Å². The SMILES string of the molecule is CCc1ccc([C@H](NCC(=O)NCc2ccc(OC)c(OC)c2)c2cccs2)cc1. The summed E-state index contributed by atoms with van der Waals surface area (Å²) >= 11 is 1.69. The molecule has 1 atom stereocenters. The third-order valence-corrected chi connectivity index (χ3v) is 5.89. The van der Waals surface area contributed by atoms with Crippen molar-refractivity contribution in [3.8, 4) is 11.5 Å². The molecule has 1 aromatic heterocycles. The number of nitrogens with one attached hydrogen (secondary N) is 2. The van der Waals surface area contributed by atoms with Gasteiger partial charge in [0.1, 0.15) is 0 Å². The van der Waals surface area contributed by atoms with E-state index in [0.29, 0.717) is 18.0 Å². The first kappa shape index (κ1) is 21.9. The molecule has 0 unspecified atom stereocenters. The maximum Gasteiger partial charge on any atom is 0.234 e. The maximum absolute atomic E-state index is 12.5. The van der Waals surface area contributed by atoms with Gasteiger partial charge in [-0.2, -0.15) is 0 Å². The minimum atomic E-state index is -0.0588. The summed E-state index contributed by atoms with van der Waals surface area (Å²) in [7, 11) is 3.20. The molecule has 1 amide bonds. The van der Waals surface area contributed by atoms with E-state index >= 15 is 0 Å². The lowest BCUT2D eigenvalue weighted by Gasteiger charge is -2.18. The average molecular weight is 425 g/mol. The van der Waals surface area contributed by atoms with Crippen molar-refractivity contribution in [1.29, 1.82) is 0 Å². The molecule has 0 bridgehead atoms. The molecule has 3 rings (SSSR count). The Morgan fingerprint density at radius 2 is 1.73 bits per heavy atom. The van der Waals surface area contributed by atoms with Gasteiger partial charge in [0.15, 0.2) is 11.5 Å². The smallest absolute Gasteiger partial charge is 0.234 e. The van der Waals surface area contributed by atoms with Crippen LogP contribution >= 0.6 is 11.3 Å². The molecule has 3 aromatic rings. The molecule has 2 N–H and O–H groups in total. The number of hydrogen-bond donors (Lipinski definition) is 2. The Labute approximate surface area is 182 Å². The number of ether oxygens (including phenoxy) is 2. The molecule has 0 saturated heterocycles. The zero-order valence-corrected chi connectivity index (χ0v) is 18.4. The van der Waals surface area contributed by atoms with Gasteiger partial charge in [-0.25, -0.2) is 0 Å². The Morgan fingerprint density at radius 3 is 2.37 bits per heavy atom. The number of benzene rings is 2. The first-order chi connectivity index (χ1) is 14.6. The van der Waals surface area contributed by atoms with Gasteiger partial charge in [0.25, 0.3) is 0 Å². The Balaban J connectivity index is 1.60. The highest BCUT2D eigenvalue weighted by Crippen LogP contribution is 2.28. The summed E-state index contributed by atoms with van der Waals surface area (Å²) in [5.41, 5.74) is 3.41. The third-order valence-electron chi connectivity index (χ3n) is 4.95. The molecule has 0 radical (unpaired) electrons. The van der Waals surface area contributed by atoms with Gasteiger partial charge in [-0.05, 0) is 46.7 Å². The monoisotopic (exact) mass is 424 g/mol. The fourth-order valence-corrected chi connectivity index (χ4v) is 4.06. The second-order valence-corrected chi connectivity index (χ2v) is 7.87. The second kappa shape index (κ2) is 10.8. The molecular formula is C24H28N2O3S.